The van der Waals surface area contributed by atoms with Crippen LogP contribution in [0.5, 0.6) is 0 Å². The maximum absolute atomic E-state index is 11.6. The first-order chi connectivity index (χ1) is 7.33. The number of nitrogens with zero attached hydrogens (tertiary/aromatic N) is 1. The molecule has 0 unspecified atom stereocenters. The average Bonchev–Trinajstić information content (AvgIpc) is 2.73. The van der Waals surface area contributed by atoms with Crippen LogP contribution in [0.1, 0.15) is 10.4 Å². The summed E-state index contributed by atoms with van der Waals surface area (Å²) in [7, 11) is 0. The van der Waals surface area contributed by atoms with E-state index in [-0.39, 0.29) is 19.1 Å². The van der Waals surface area contributed by atoms with E-state index in [9.17, 15) is 4.79 Å². The highest BCUT2D eigenvalue weighted by molar-refractivity contribution is 6.04. The van der Waals surface area contributed by atoms with E-state index in [0.29, 0.717) is 16.7 Å². The van der Waals surface area contributed by atoms with Gasteiger partial charge in [-0.1, -0.05) is 6.07 Å². The van der Waals surface area contributed by atoms with Crippen LogP contribution in [0.25, 0.3) is 11.1 Å². The summed E-state index contributed by atoms with van der Waals surface area (Å²) in [5, 5.41) is 11.1. The van der Waals surface area contributed by atoms with Crippen LogP contribution >= 0.6 is 0 Å². The maximum atomic E-state index is 11.6. The number of benzene rings is 1. The van der Waals surface area contributed by atoms with Gasteiger partial charge >= 0.3 is 0 Å². The number of oxazole rings is 1. The molecule has 2 aromatic rings. The second kappa shape index (κ2) is 4.10. The summed E-state index contributed by atoms with van der Waals surface area (Å²) >= 11 is 0. The first-order valence-electron chi connectivity index (χ1n) is 4.54. The van der Waals surface area contributed by atoms with Crippen LogP contribution in [0.4, 0.5) is 0 Å². The fourth-order valence-corrected chi connectivity index (χ4v) is 1.33. The molecule has 0 spiro atoms. The molecule has 2 N–H and O–H groups in total. The molecule has 5 heteroatoms. The minimum absolute atomic E-state index is 0.0828. The third kappa shape index (κ3) is 1.82. The molecule has 0 bridgehead atoms. The van der Waals surface area contributed by atoms with Crippen molar-refractivity contribution in [2.24, 2.45) is 0 Å². The highest BCUT2D eigenvalue weighted by Crippen LogP contribution is 2.16. The lowest BCUT2D eigenvalue weighted by Gasteiger charge is -2.02. The quantitative estimate of drug-likeness (QED) is 0.769. The zero-order valence-electron chi connectivity index (χ0n) is 7.93. The molecular formula is C10H10N2O3. The molecule has 0 aliphatic carbocycles. The number of nitrogens with one attached hydrogen (secondary N) is 1. The summed E-state index contributed by atoms with van der Waals surface area (Å²) in [5.41, 5.74) is 1.56. The SMILES string of the molecule is O=C(NCCO)c1cccc2ocnc12. The van der Waals surface area contributed by atoms with E-state index < -0.39 is 0 Å². The van der Waals surface area contributed by atoms with Crippen LogP contribution < -0.4 is 5.32 Å². The Morgan fingerprint density at radius 3 is 3.20 bits per heavy atom. The van der Waals surface area contributed by atoms with Crippen molar-refractivity contribution in [1.29, 1.82) is 0 Å². The van der Waals surface area contributed by atoms with Crippen LogP contribution in [0, 0.1) is 0 Å². The number of carbonyl (C=O) groups excluding carboxylic acids is 1. The number of amides is 1. The normalized spacial score (nSPS) is 10.5. The maximum Gasteiger partial charge on any atom is 0.253 e. The second-order valence-electron chi connectivity index (χ2n) is 2.98. The molecule has 0 saturated carbocycles. The molecule has 0 fully saturated rings. The zero-order valence-corrected chi connectivity index (χ0v) is 7.93. The topological polar surface area (TPSA) is 75.4 Å². The van der Waals surface area contributed by atoms with Gasteiger partial charge in [0.25, 0.3) is 5.91 Å². The number of hydrogen-bond donors (Lipinski definition) is 2. The highest BCUT2D eigenvalue weighted by Gasteiger charge is 2.11. The molecule has 1 heterocycles. The Morgan fingerprint density at radius 1 is 1.53 bits per heavy atom. The average molecular weight is 206 g/mol. The third-order valence-electron chi connectivity index (χ3n) is 2.00. The number of para-hydroxylation sites is 1. The number of carbonyl (C=O) groups is 1. The predicted octanol–water partition coefficient (Wildman–Crippen LogP) is 0.550. The van der Waals surface area contributed by atoms with Gasteiger partial charge in [0.05, 0.1) is 12.2 Å². The standard InChI is InChI=1S/C10H10N2O3/c13-5-4-11-10(14)7-2-1-3-8-9(7)12-6-15-8/h1-3,6,13H,4-5H2,(H,11,14). The van der Waals surface area contributed by atoms with E-state index in [1.807, 2.05) is 0 Å². The summed E-state index contributed by atoms with van der Waals surface area (Å²) in [4.78, 5) is 15.6. The fourth-order valence-electron chi connectivity index (χ4n) is 1.33. The Hall–Kier alpha value is -1.88. The Bertz CT molecular complexity index is 478. The van der Waals surface area contributed by atoms with E-state index >= 15 is 0 Å². The van der Waals surface area contributed by atoms with Crippen molar-refractivity contribution < 1.29 is 14.3 Å². The van der Waals surface area contributed by atoms with Crippen molar-refractivity contribution in [2.45, 2.75) is 0 Å². The van der Waals surface area contributed by atoms with Crippen molar-refractivity contribution in [3.05, 3.63) is 30.2 Å². The molecule has 78 valence electrons. The molecule has 0 saturated heterocycles. The number of aromatic nitrogens is 1. The number of rotatable bonds is 3. The van der Waals surface area contributed by atoms with Crippen LogP contribution in [0.15, 0.2) is 29.0 Å². The van der Waals surface area contributed by atoms with Gasteiger partial charge < -0.3 is 14.8 Å². The number of aliphatic hydroxyl groups excluding tert-OH is 1. The fraction of sp³-hybridized carbons (Fsp3) is 0.200. The third-order valence-corrected chi connectivity index (χ3v) is 2.00. The molecule has 15 heavy (non-hydrogen) atoms. The van der Waals surface area contributed by atoms with Crippen LogP contribution in [0.3, 0.4) is 0 Å². The summed E-state index contributed by atoms with van der Waals surface area (Å²) < 4.78 is 5.07. The Labute approximate surface area is 85.7 Å². The van der Waals surface area contributed by atoms with Gasteiger partial charge in [-0.15, -0.1) is 0 Å². The monoisotopic (exact) mass is 206 g/mol. The number of hydrogen-bond acceptors (Lipinski definition) is 4. The van der Waals surface area contributed by atoms with Gasteiger partial charge in [-0.25, -0.2) is 4.98 Å². The molecular weight excluding hydrogens is 196 g/mol. The Balaban J connectivity index is 2.34. The van der Waals surface area contributed by atoms with Crippen LogP contribution in [-0.4, -0.2) is 29.1 Å². The minimum Gasteiger partial charge on any atom is -0.443 e. The van der Waals surface area contributed by atoms with E-state index in [0.717, 1.165) is 0 Å². The van der Waals surface area contributed by atoms with Gasteiger partial charge in [-0.3, -0.25) is 4.79 Å². The molecule has 1 amide bonds. The number of aliphatic hydroxyl groups is 1. The molecule has 1 aromatic carbocycles. The lowest BCUT2D eigenvalue weighted by Crippen LogP contribution is -2.26. The van der Waals surface area contributed by atoms with Crippen LogP contribution in [-0.2, 0) is 0 Å². The van der Waals surface area contributed by atoms with Gasteiger partial charge in [0.1, 0.15) is 5.52 Å². The number of fused-ring (bicyclic) bond motifs is 1. The molecule has 1 aromatic heterocycles. The highest BCUT2D eigenvalue weighted by atomic mass is 16.3. The second-order valence-corrected chi connectivity index (χ2v) is 2.98. The zero-order chi connectivity index (χ0) is 10.7. The molecule has 0 aliphatic rings. The van der Waals surface area contributed by atoms with Crippen molar-refractivity contribution in [3.8, 4) is 0 Å². The molecule has 0 radical (unpaired) electrons. The van der Waals surface area contributed by atoms with Crippen molar-refractivity contribution in [1.82, 2.24) is 10.3 Å². The Morgan fingerprint density at radius 2 is 2.40 bits per heavy atom. The van der Waals surface area contributed by atoms with Crippen LogP contribution in [0.2, 0.25) is 0 Å². The van der Waals surface area contributed by atoms with E-state index in [1.54, 1.807) is 18.2 Å². The largest absolute Gasteiger partial charge is 0.443 e. The van der Waals surface area contributed by atoms with E-state index in [4.69, 9.17) is 9.52 Å². The molecule has 0 aliphatic heterocycles. The summed E-state index contributed by atoms with van der Waals surface area (Å²) in [6.45, 7) is 0.146. The van der Waals surface area contributed by atoms with E-state index in [2.05, 4.69) is 10.3 Å². The van der Waals surface area contributed by atoms with Gasteiger partial charge in [0.15, 0.2) is 12.0 Å². The van der Waals surface area contributed by atoms with Crippen molar-refractivity contribution in [3.63, 3.8) is 0 Å². The summed E-state index contributed by atoms with van der Waals surface area (Å²) in [5.74, 6) is -0.261. The minimum atomic E-state index is -0.261. The lowest BCUT2D eigenvalue weighted by atomic mass is 10.2. The van der Waals surface area contributed by atoms with E-state index in [1.165, 1.54) is 6.39 Å². The summed E-state index contributed by atoms with van der Waals surface area (Å²) in [6.07, 6.45) is 1.30. The van der Waals surface area contributed by atoms with Gasteiger partial charge in [0, 0.05) is 6.54 Å². The van der Waals surface area contributed by atoms with Crippen molar-refractivity contribution in [2.75, 3.05) is 13.2 Å². The lowest BCUT2D eigenvalue weighted by molar-refractivity contribution is 0.0946. The first-order valence-corrected chi connectivity index (χ1v) is 4.54. The first kappa shape index (κ1) is 9.67. The molecule has 2 rings (SSSR count). The van der Waals surface area contributed by atoms with Gasteiger partial charge in [-0.05, 0) is 12.1 Å². The van der Waals surface area contributed by atoms with Gasteiger partial charge in [-0.2, -0.15) is 0 Å². The van der Waals surface area contributed by atoms with Gasteiger partial charge in [0.2, 0.25) is 0 Å². The van der Waals surface area contributed by atoms with Crippen molar-refractivity contribution >= 4 is 17.0 Å². The smallest absolute Gasteiger partial charge is 0.253 e. The molecule has 0 atom stereocenters. The summed E-state index contributed by atoms with van der Waals surface area (Å²) in [6, 6.07) is 5.13. The Kier molecular flexibility index (Phi) is 2.64. The molecule has 5 nitrogen and oxygen atoms in total. The predicted molar refractivity (Wildman–Crippen MR) is 53.4 cm³/mol.